The zero-order valence-corrected chi connectivity index (χ0v) is 16.0. The second-order valence-electron chi connectivity index (χ2n) is 6.39. The van der Waals surface area contributed by atoms with Gasteiger partial charge in [-0.05, 0) is 25.5 Å². The van der Waals surface area contributed by atoms with E-state index < -0.39 is 21.5 Å². The molecule has 2 rings (SSSR count). The normalized spacial score (nSPS) is 12.4. The van der Waals surface area contributed by atoms with Crippen LogP contribution in [0.15, 0.2) is 46.7 Å². The van der Waals surface area contributed by atoms with Crippen LogP contribution < -0.4 is 5.32 Å². The van der Waals surface area contributed by atoms with Crippen molar-refractivity contribution in [3.8, 4) is 0 Å². The van der Waals surface area contributed by atoms with Crippen LogP contribution in [-0.2, 0) is 16.6 Å². The number of carbonyl (C=O) groups excluding carboxylic acids is 1. The Bertz CT molecular complexity index is 829. The maximum atomic E-state index is 12.7. The molecule has 0 radical (unpaired) electrons. The molecule has 0 atom stereocenters. The molecule has 1 aromatic heterocycles. The van der Waals surface area contributed by atoms with Gasteiger partial charge < -0.3 is 10.4 Å². The molecule has 136 valence electrons. The lowest BCUT2D eigenvalue weighted by Crippen LogP contribution is -2.46. The van der Waals surface area contributed by atoms with E-state index in [4.69, 9.17) is 0 Å². The SMILES string of the molecule is CN(Cc1ccccc1)S(=O)(=O)c1csc(C(=O)NC(C)(C)CO)c1. The van der Waals surface area contributed by atoms with Crippen molar-refractivity contribution in [1.29, 1.82) is 0 Å². The summed E-state index contributed by atoms with van der Waals surface area (Å²) in [7, 11) is -2.18. The summed E-state index contributed by atoms with van der Waals surface area (Å²) in [6.45, 7) is 3.40. The van der Waals surface area contributed by atoms with Gasteiger partial charge in [-0.2, -0.15) is 4.31 Å². The molecule has 25 heavy (non-hydrogen) atoms. The van der Waals surface area contributed by atoms with Crippen molar-refractivity contribution in [2.75, 3.05) is 13.7 Å². The average molecular weight is 383 g/mol. The van der Waals surface area contributed by atoms with Crippen LogP contribution in [0.4, 0.5) is 0 Å². The van der Waals surface area contributed by atoms with Gasteiger partial charge in [-0.15, -0.1) is 11.3 Å². The average Bonchev–Trinajstić information content (AvgIpc) is 3.06. The van der Waals surface area contributed by atoms with Crippen molar-refractivity contribution < 1.29 is 18.3 Å². The molecule has 2 N–H and O–H groups in total. The standard InChI is InChI=1S/C17H22N2O4S2/c1-17(2,12-20)18-16(21)15-9-14(11-24-15)25(22,23)19(3)10-13-7-5-4-6-8-13/h4-9,11,20H,10,12H2,1-3H3,(H,18,21). The quantitative estimate of drug-likeness (QED) is 0.767. The molecule has 1 heterocycles. The van der Waals surface area contributed by atoms with Crippen molar-refractivity contribution in [3.05, 3.63) is 52.2 Å². The molecule has 0 bridgehead atoms. The number of rotatable bonds is 7. The number of benzene rings is 1. The lowest BCUT2D eigenvalue weighted by Gasteiger charge is -2.22. The molecular formula is C17H22N2O4S2. The Balaban J connectivity index is 2.15. The van der Waals surface area contributed by atoms with Crippen LogP contribution in [0, 0.1) is 0 Å². The fourth-order valence-corrected chi connectivity index (χ4v) is 4.40. The maximum Gasteiger partial charge on any atom is 0.261 e. The molecule has 0 saturated heterocycles. The predicted octanol–water partition coefficient (Wildman–Crippen LogP) is 2.07. The van der Waals surface area contributed by atoms with Crippen molar-refractivity contribution >= 4 is 27.3 Å². The summed E-state index contributed by atoms with van der Waals surface area (Å²) in [5.74, 6) is -0.406. The fourth-order valence-electron chi connectivity index (χ4n) is 2.09. The van der Waals surface area contributed by atoms with Gasteiger partial charge in [-0.1, -0.05) is 30.3 Å². The van der Waals surface area contributed by atoms with E-state index in [1.807, 2.05) is 30.3 Å². The third kappa shape index (κ3) is 4.88. The summed E-state index contributed by atoms with van der Waals surface area (Å²) in [6, 6.07) is 10.7. The predicted molar refractivity (Wildman–Crippen MR) is 98.0 cm³/mol. The molecule has 0 aliphatic heterocycles. The highest BCUT2D eigenvalue weighted by Gasteiger charge is 2.26. The van der Waals surface area contributed by atoms with Crippen molar-refractivity contribution in [3.63, 3.8) is 0 Å². The van der Waals surface area contributed by atoms with Crippen LogP contribution in [0.2, 0.25) is 0 Å². The number of thiophene rings is 1. The lowest BCUT2D eigenvalue weighted by molar-refractivity contribution is 0.0873. The minimum Gasteiger partial charge on any atom is -0.394 e. The van der Waals surface area contributed by atoms with Crippen LogP contribution >= 0.6 is 11.3 Å². The smallest absolute Gasteiger partial charge is 0.261 e. The minimum absolute atomic E-state index is 0.0860. The summed E-state index contributed by atoms with van der Waals surface area (Å²) in [4.78, 5) is 12.6. The number of amides is 1. The first kappa shape index (κ1) is 19.6. The van der Waals surface area contributed by atoms with Crippen LogP contribution in [0.5, 0.6) is 0 Å². The van der Waals surface area contributed by atoms with Crippen LogP contribution in [0.1, 0.15) is 29.1 Å². The van der Waals surface area contributed by atoms with Crippen molar-refractivity contribution in [1.82, 2.24) is 9.62 Å². The Labute approximate surface area is 152 Å². The summed E-state index contributed by atoms with van der Waals surface area (Å²) in [6.07, 6.45) is 0. The molecule has 0 unspecified atom stereocenters. The van der Waals surface area contributed by atoms with Crippen LogP contribution in [-0.4, -0.2) is 42.9 Å². The Hall–Kier alpha value is -1.74. The lowest BCUT2D eigenvalue weighted by atomic mass is 10.1. The van der Waals surface area contributed by atoms with E-state index in [9.17, 15) is 18.3 Å². The molecule has 0 saturated carbocycles. The third-order valence-electron chi connectivity index (χ3n) is 3.60. The summed E-state index contributed by atoms with van der Waals surface area (Å²) in [5, 5.41) is 13.3. The third-order valence-corrected chi connectivity index (χ3v) is 6.46. The number of sulfonamides is 1. The summed E-state index contributed by atoms with van der Waals surface area (Å²) >= 11 is 1.06. The number of hydrogen-bond acceptors (Lipinski definition) is 5. The summed E-state index contributed by atoms with van der Waals surface area (Å²) in [5.41, 5.74) is 0.107. The number of aliphatic hydroxyl groups is 1. The first-order chi connectivity index (χ1) is 11.7. The highest BCUT2D eigenvalue weighted by molar-refractivity contribution is 7.89. The molecule has 1 aromatic carbocycles. The molecule has 0 spiro atoms. The van der Waals surface area contributed by atoms with E-state index >= 15 is 0 Å². The molecule has 0 aliphatic rings. The maximum absolute atomic E-state index is 12.7. The fraction of sp³-hybridized carbons (Fsp3) is 0.353. The Morgan fingerprint density at radius 3 is 2.52 bits per heavy atom. The topological polar surface area (TPSA) is 86.7 Å². The molecule has 0 aliphatic carbocycles. The van der Waals surface area contributed by atoms with E-state index in [-0.39, 0.29) is 22.9 Å². The minimum atomic E-state index is -3.68. The van der Waals surface area contributed by atoms with Gasteiger partial charge in [0.1, 0.15) is 0 Å². The van der Waals surface area contributed by atoms with Gasteiger partial charge in [0.05, 0.1) is 21.9 Å². The molecule has 8 heteroatoms. The molecular weight excluding hydrogens is 360 g/mol. The van der Waals surface area contributed by atoms with Gasteiger partial charge in [-0.3, -0.25) is 4.79 Å². The largest absolute Gasteiger partial charge is 0.394 e. The Kier molecular flexibility index (Phi) is 5.99. The second kappa shape index (κ2) is 7.65. The van der Waals surface area contributed by atoms with E-state index in [2.05, 4.69) is 5.32 Å². The van der Waals surface area contributed by atoms with E-state index in [0.717, 1.165) is 16.9 Å². The Morgan fingerprint density at radius 1 is 1.28 bits per heavy atom. The number of hydrogen-bond donors (Lipinski definition) is 2. The second-order valence-corrected chi connectivity index (χ2v) is 9.35. The van der Waals surface area contributed by atoms with Gasteiger partial charge in [0.15, 0.2) is 0 Å². The zero-order valence-electron chi connectivity index (χ0n) is 14.4. The van der Waals surface area contributed by atoms with Gasteiger partial charge in [-0.25, -0.2) is 8.42 Å². The van der Waals surface area contributed by atoms with Crippen molar-refractivity contribution in [2.24, 2.45) is 0 Å². The van der Waals surface area contributed by atoms with Gasteiger partial charge in [0.2, 0.25) is 10.0 Å². The van der Waals surface area contributed by atoms with E-state index in [1.165, 1.54) is 22.8 Å². The highest BCUT2D eigenvalue weighted by atomic mass is 32.2. The Morgan fingerprint density at radius 2 is 1.92 bits per heavy atom. The highest BCUT2D eigenvalue weighted by Crippen LogP contribution is 2.23. The van der Waals surface area contributed by atoms with E-state index in [0.29, 0.717) is 0 Å². The summed E-state index contributed by atoms with van der Waals surface area (Å²) < 4.78 is 26.6. The van der Waals surface area contributed by atoms with Gasteiger partial charge in [0, 0.05) is 19.0 Å². The number of nitrogens with one attached hydrogen (secondary N) is 1. The number of carbonyl (C=O) groups is 1. The molecule has 2 aromatic rings. The monoisotopic (exact) mass is 382 g/mol. The van der Waals surface area contributed by atoms with Gasteiger partial charge >= 0.3 is 0 Å². The van der Waals surface area contributed by atoms with Crippen LogP contribution in [0.3, 0.4) is 0 Å². The first-order valence-corrected chi connectivity index (χ1v) is 10.00. The number of nitrogens with zero attached hydrogens (tertiary/aromatic N) is 1. The molecule has 0 fully saturated rings. The number of aliphatic hydroxyl groups excluding tert-OH is 1. The first-order valence-electron chi connectivity index (χ1n) is 7.68. The van der Waals surface area contributed by atoms with Gasteiger partial charge in [0.25, 0.3) is 5.91 Å². The van der Waals surface area contributed by atoms with Crippen molar-refractivity contribution in [2.45, 2.75) is 30.8 Å². The zero-order chi connectivity index (χ0) is 18.7. The van der Waals surface area contributed by atoms with Crippen LogP contribution in [0.25, 0.3) is 0 Å². The molecule has 6 nitrogen and oxygen atoms in total. The van der Waals surface area contributed by atoms with E-state index in [1.54, 1.807) is 13.8 Å². The molecule has 1 amide bonds.